The third-order valence-electron chi connectivity index (χ3n) is 1.97. The Morgan fingerprint density at radius 3 is 2.83 bits per heavy atom. The van der Waals surface area contributed by atoms with Crippen molar-refractivity contribution in [2.24, 2.45) is 0 Å². The van der Waals surface area contributed by atoms with Gasteiger partial charge >= 0.3 is 5.97 Å². The first-order valence-electron chi connectivity index (χ1n) is 5.38. The summed E-state index contributed by atoms with van der Waals surface area (Å²) in [5.41, 5.74) is 0.238. The van der Waals surface area contributed by atoms with E-state index in [2.05, 4.69) is 4.74 Å². The number of hydrogen-bond acceptors (Lipinski definition) is 4. The quantitative estimate of drug-likeness (QED) is 0.442. The van der Waals surface area contributed by atoms with Crippen LogP contribution in [0.5, 0.6) is 5.75 Å². The van der Waals surface area contributed by atoms with Crippen molar-refractivity contribution in [3.63, 3.8) is 0 Å². The molecule has 0 radical (unpaired) electrons. The monoisotopic (exact) mass is 252 g/mol. The summed E-state index contributed by atoms with van der Waals surface area (Å²) in [5.74, 6) is -1.07. The normalized spacial score (nSPS) is 10.3. The zero-order valence-corrected chi connectivity index (χ0v) is 9.89. The minimum Gasteiger partial charge on any atom is -0.486 e. The lowest BCUT2D eigenvalue weighted by atomic mass is 10.2. The zero-order valence-electron chi connectivity index (χ0n) is 9.89. The number of benzene rings is 1. The van der Waals surface area contributed by atoms with Gasteiger partial charge in [0.15, 0.2) is 11.6 Å². The van der Waals surface area contributed by atoms with Crippen molar-refractivity contribution < 1.29 is 23.5 Å². The minimum atomic E-state index is -0.621. The van der Waals surface area contributed by atoms with Gasteiger partial charge in [-0.1, -0.05) is 0 Å². The van der Waals surface area contributed by atoms with E-state index in [0.717, 1.165) is 6.07 Å². The molecule has 0 aliphatic carbocycles. The van der Waals surface area contributed by atoms with Gasteiger partial charge in [0.1, 0.15) is 12.9 Å². The number of esters is 1. The number of hydrogen-bond donors (Lipinski definition) is 0. The molecule has 0 saturated carbocycles. The van der Waals surface area contributed by atoms with Gasteiger partial charge in [-0.05, 0) is 31.2 Å². The van der Waals surface area contributed by atoms with Crippen LogP contribution in [0.3, 0.4) is 0 Å². The summed E-state index contributed by atoms with van der Waals surface area (Å²) in [4.78, 5) is 21.3. The van der Waals surface area contributed by atoms with Crippen LogP contribution in [-0.2, 0) is 9.53 Å². The molecule has 1 rings (SSSR count). The molecule has 0 atom stereocenters. The average molecular weight is 252 g/mol. The largest absolute Gasteiger partial charge is 0.486 e. The Labute approximate surface area is 104 Å². The first-order valence-corrected chi connectivity index (χ1v) is 5.38. The highest BCUT2D eigenvalue weighted by Gasteiger charge is 2.03. The summed E-state index contributed by atoms with van der Waals surface area (Å²) in [6.45, 7) is 2.04. The highest BCUT2D eigenvalue weighted by molar-refractivity contribution is 5.81. The number of aldehydes is 1. The van der Waals surface area contributed by atoms with E-state index < -0.39 is 11.8 Å². The smallest absolute Gasteiger partial charge is 0.330 e. The molecule has 0 amide bonds. The zero-order chi connectivity index (χ0) is 13.4. The van der Waals surface area contributed by atoms with Crippen LogP contribution < -0.4 is 4.74 Å². The van der Waals surface area contributed by atoms with Crippen molar-refractivity contribution >= 4 is 12.3 Å². The first kappa shape index (κ1) is 13.9. The maximum atomic E-state index is 13.3. The van der Waals surface area contributed by atoms with Gasteiger partial charge in [0.2, 0.25) is 0 Å². The van der Waals surface area contributed by atoms with Crippen molar-refractivity contribution in [3.05, 3.63) is 41.7 Å². The molecular formula is C13H13FO4. The molecule has 0 aliphatic rings. The second-order valence-electron chi connectivity index (χ2n) is 3.27. The van der Waals surface area contributed by atoms with E-state index in [1.165, 1.54) is 24.3 Å². The highest BCUT2D eigenvalue weighted by Crippen LogP contribution is 2.17. The minimum absolute atomic E-state index is 0.0223. The molecular weight excluding hydrogens is 239 g/mol. The Morgan fingerprint density at radius 2 is 2.22 bits per heavy atom. The molecule has 0 N–H and O–H groups in total. The van der Waals surface area contributed by atoms with E-state index in [1.54, 1.807) is 6.92 Å². The van der Waals surface area contributed by atoms with Crippen LogP contribution in [-0.4, -0.2) is 25.5 Å². The Morgan fingerprint density at radius 1 is 1.44 bits per heavy atom. The Hall–Kier alpha value is -2.17. The van der Waals surface area contributed by atoms with Gasteiger partial charge in [0.25, 0.3) is 0 Å². The van der Waals surface area contributed by atoms with Gasteiger partial charge in [-0.2, -0.15) is 0 Å². The highest BCUT2D eigenvalue weighted by atomic mass is 19.1. The molecule has 0 spiro atoms. The fourth-order valence-electron chi connectivity index (χ4n) is 1.18. The maximum Gasteiger partial charge on any atom is 0.330 e. The average Bonchev–Trinajstić information content (AvgIpc) is 2.36. The Balaban J connectivity index is 2.49. The van der Waals surface area contributed by atoms with E-state index in [9.17, 15) is 14.0 Å². The maximum absolute atomic E-state index is 13.3. The summed E-state index contributed by atoms with van der Waals surface area (Å²) >= 11 is 0. The van der Waals surface area contributed by atoms with Crippen LogP contribution in [0, 0.1) is 5.82 Å². The first-order chi connectivity index (χ1) is 8.67. The predicted molar refractivity (Wildman–Crippen MR) is 63.1 cm³/mol. The van der Waals surface area contributed by atoms with Crippen LogP contribution in [0.15, 0.2) is 30.4 Å². The van der Waals surface area contributed by atoms with Gasteiger partial charge in [0, 0.05) is 11.6 Å². The second kappa shape index (κ2) is 7.21. The summed E-state index contributed by atoms with van der Waals surface area (Å²) in [6, 6.07) is 3.88. The Bertz CT molecular complexity index is 454. The molecule has 4 nitrogen and oxygen atoms in total. The molecule has 18 heavy (non-hydrogen) atoms. The molecule has 0 aliphatic heterocycles. The van der Waals surface area contributed by atoms with Crippen molar-refractivity contribution in [1.29, 1.82) is 0 Å². The predicted octanol–water partition coefficient (Wildman–Crippen LogP) is 2.14. The van der Waals surface area contributed by atoms with Crippen molar-refractivity contribution in [1.82, 2.24) is 0 Å². The van der Waals surface area contributed by atoms with E-state index in [-0.39, 0.29) is 17.9 Å². The topological polar surface area (TPSA) is 52.6 Å². The number of rotatable bonds is 6. The molecule has 5 heteroatoms. The summed E-state index contributed by atoms with van der Waals surface area (Å²) in [7, 11) is 0. The number of carbonyl (C=O) groups is 2. The summed E-state index contributed by atoms with van der Waals surface area (Å²) < 4.78 is 23.1. The Kier molecular flexibility index (Phi) is 5.57. The number of ether oxygens (including phenoxy) is 2. The molecule has 0 unspecified atom stereocenters. The molecule has 0 aromatic heterocycles. The summed E-state index contributed by atoms with van der Waals surface area (Å²) in [5, 5.41) is 0. The molecule has 0 saturated heterocycles. The fraction of sp³-hybridized carbons (Fsp3) is 0.231. The van der Waals surface area contributed by atoms with Gasteiger partial charge in [-0.25, -0.2) is 9.18 Å². The SMILES string of the molecule is CCOC(=O)/C=C/COc1ccc(C=O)cc1F. The van der Waals surface area contributed by atoms with Crippen molar-refractivity contribution in [2.75, 3.05) is 13.2 Å². The van der Waals surface area contributed by atoms with E-state index >= 15 is 0 Å². The third-order valence-corrected chi connectivity index (χ3v) is 1.97. The second-order valence-corrected chi connectivity index (χ2v) is 3.27. The molecule has 0 heterocycles. The number of carbonyl (C=O) groups excluding carboxylic acids is 2. The molecule has 0 fully saturated rings. The van der Waals surface area contributed by atoms with E-state index in [0.29, 0.717) is 12.9 Å². The van der Waals surface area contributed by atoms with Crippen LogP contribution in [0.2, 0.25) is 0 Å². The van der Waals surface area contributed by atoms with Gasteiger partial charge in [-0.15, -0.1) is 0 Å². The standard InChI is InChI=1S/C13H13FO4/c1-2-17-13(16)4-3-7-18-12-6-5-10(9-15)8-11(12)14/h3-6,8-9H,2,7H2,1H3/b4-3+. The fourth-order valence-corrected chi connectivity index (χ4v) is 1.18. The molecule has 1 aromatic rings. The number of halogens is 1. The lowest BCUT2D eigenvalue weighted by molar-refractivity contribution is -0.137. The van der Waals surface area contributed by atoms with Gasteiger partial charge in [-0.3, -0.25) is 4.79 Å². The van der Waals surface area contributed by atoms with Gasteiger partial charge < -0.3 is 9.47 Å². The van der Waals surface area contributed by atoms with Gasteiger partial charge in [0.05, 0.1) is 6.61 Å². The molecule has 1 aromatic carbocycles. The summed E-state index contributed by atoms with van der Waals surface area (Å²) in [6.07, 6.45) is 3.18. The lowest BCUT2D eigenvalue weighted by Crippen LogP contribution is -2.01. The lowest BCUT2D eigenvalue weighted by Gasteiger charge is -2.04. The van der Waals surface area contributed by atoms with Crippen molar-refractivity contribution in [3.8, 4) is 5.75 Å². The molecule has 96 valence electrons. The third kappa shape index (κ3) is 4.37. The van der Waals surface area contributed by atoms with Crippen LogP contribution >= 0.6 is 0 Å². The van der Waals surface area contributed by atoms with Crippen LogP contribution in [0.4, 0.5) is 4.39 Å². The van der Waals surface area contributed by atoms with Crippen LogP contribution in [0.1, 0.15) is 17.3 Å². The van der Waals surface area contributed by atoms with E-state index in [4.69, 9.17) is 4.74 Å². The molecule has 0 bridgehead atoms. The van der Waals surface area contributed by atoms with Crippen LogP contribution in [0.25, 0.3) is 0 Å². The van der Waals surface area contributed by atoms with Crippen molar-refractivity contribution in [2.45, 2.75) is 6.92 Å². The van der Waals surface area contributed by atoms with E-state index in [1.807, 2.05) is 0 Å².